The fraction of sp³-hybridized carbons (Fsp3) is 0. The van der Waals surface area contributed by atoms with E-state index in [1.165, 1.54) is 24.3 Å². The zero-order valence-electron chi connectivity index (χ0n) is 16.7. The van der Waals surface area contributed by atoms with Crippen LogP contribution in [0.2, 0.25) is 5.02 Å². The van der Waals surface area contributed by atoms with Gasteiger partial charge in [0.05, 0.1) is 5.69 Å². The van der Waals surface area contributed by atoms with Crippen LogP contribution in [0.15, 0.2) is 83.2 Å². The van der Waals surface area contributed by atoms with E-state index in [2.05, 4.69) is 20.2 Å². The highest BCUT2D eigenvalue weighted by Gasteiger charge is 2.24. The Morgan fingerprint density at radius 1 is 0.818 bits per heavy atom. The van der Waals surface area contributed by atoms with Crippen molar-refractivity contribution in [2.75, 3.05) is 10.0 Å². The minimum atomic E-state index is -4.16. The van der Waals surface area contributed by atoms with Gasteiger partial charge in [-0.3, -0.25) is 19.6 Å². The molecule has 0 saturated carbocycles. The largest absolute Gasteiger partial charge is 0.296 e. The molecule has 11 heteroatoms. The summed E-state index contributed by atoms with van der Waals surface area (Å²) in [5, 5.41) is 10.4. The summed E-state index contributed by atoms with van der Waals surface area (Å²) in [5.41, 5.74) is 1.04. The van der Waals surface area contributed by atoms with Gasteiger partial charge in [-0.25, -0.2) is 0 Å². The molecule has 0 radical (unpaired) electrons. The summed E-state index contributed by atoms with van der Waals surface area (Å²) in [4.78, 5) is 25.2. The average Bonchev–Trinajstić information content (AvgIpc) is 3.29. The number of hydrogen-bond acceptors (Lipinski definition) is 7. The number of carbonyl (C=O) groups is 2. The third-order valence-electron chi connectivity index (χ3n) is 4.42. The molecule has 0 atom stereocenters. The minimum absolute atomic E-state index is 0.00368. The third kappa shape index (κ3) is 5.25. The highest BCUT2D eigenvalue weighted by molar-refractivity contribution is 7.94. The number of amides is 1. The number of rotatable bonds is 7. The second-order valence-electron chi connectivity index (χ2n) is 6.68. The lowest BCUT2D eigenvalue weighted by molar-refractivity contribution is 0.102. The van der Waals surface area contributed by atoms with Crippen molar-refractivity contribution in [3.8, 4) is 0 Å². The monoisotopic (exact) mass is 498 g/mol. The molecule has 0 aliphatic carbocycles. The summed E-state index contributed by atoms with van der Waals surface area (Å²) in [7, 11) is -4.16. The molecule has 166 valence electrons. The van der Waals surface area contributed by atoms with Crippen LogP contribution >= 0.6 is 22.9 Å². The molecular formula is C22H15ClN4O4S2. The molecule has 1 heterocycles. The lowest BCUT2D eigenvalue weighted by Gasteiger charge is -2.10. The van der Waals surface area contributed by atoms with E-state index in [1.807, 2.05) is 0 Å². The molecule has 3 aromatic carbocycles. The zero-order valence-corrected chi connectivity index (χ0v) is 19.1. The first-order chi connectivity index (χ1) is 15.8. The Morgan fingerprint density at radius 2 is 1.48 bits per heavy atom. The highest BCUT2D eigenvalue weighted by Crippen LogP contribution is 2.26. The van der Waals surface area contributed by atoms with Crippen molar-refractivity contribution in [1.82, 2.24) is 10.2 Å². The number of benzene rings is 3. The molecule has 0 bridgehead atoms. The number of nitrogens with one attached hydrogen (secondary N) is 2. The van der Waals surface area contributed by atoms with Crippen LogP contribution in [0.5, 0.6) is 0 Å². The zero-order chi connectivity index (χ0) is 23.4. The van der Waals surface area contributed by atoms with Gasteiger partial charge in [0.25, 0.3) is 20.3 Å². The van der Waals surface area contributed by atoms with E-state index < -0.39 is 15.9 Å². The van der Waals surface area contributed by atoms with Crippen molar-refractivity contribution in [1.29, 1.82) is 0 Å². The standard InChI is InChI=1S/C22H15ClN4O4S2/c23-16-12-10-15(11-13-16)20(29)24-21-25-26-22(32-21)33(30,31)27-18-9-5-4-8-17(18)19(28)14-6-2-1-3-7-14/h1-13,27H,(H,24,25,29). The molecule has 0 fully saturated rings. The molecule has 8 nitrogen and oxygen atoms in total. The number of halogens is 1. The maximum Gasteiger partial charge on any atom is 0.291 e. The SMILES string of the molecule is O=C(Nc1nnc(S(=O)(=O)Nc2ccccc2C(=O)c2ccccc2)s1)c1ccc(Cl)cc1. The second-order valence-corrected chi connectivity index (χ2v) is 9.95. The van der Waals surface area contributed by atoms with Crippen molar-refractivity contribution < 1.29 is 18.0 Å². The van der Waals surface area contributed by atoms with E-state index >= 15 is 0 Å². The first-order valence-corrected chi connectivity index (χ1v) is 12.1. The highest BCUT2D eigenvalue weighted by atomic mass is 35.5. The van der Waals surface area contributed by atoms with Crippen molar-refractivity contribution in [2.24, 2.45) is 0 Å². The number of para-hydroxylation sites is 1. The summed E-state index contributed by atoms with van der Waals surface area (Å²) in [6, 6.07) is 21.0. The normalized spacial score (nSPS) is 11.1. The van der Waals surface area contributed by atoms with Crippen LogP contribution in [0.3, 0.4) is 0 Å². The van der Waals surface area contributed by atoms with Crippen LogP contribution in [0.1, 0.15) is 26.3 Å². The van der Waals surface area contributed by atoms with Gasteiger partial charge in [0, 0.05) is 21.7 Å². The van der Waals surface area contributed by atoms with Crippen molar-refractivity contribution in [3.05, 3.63) is 101 Å². The number of anilines is 2. The minimum Gasteiger partial charge on any atom is -0.296 e. The second kappa shape index (κ2) is 9.49. The average molecular weight is 499 g/mol. The summed E-state index contributed by atoms with van der Waals surface area (Å²) in [5.74, 6) is -0.819. The van der Waals surface area contributed by atoms with Gasteiger partial charge >= 0.3 is 0 Å². The number of hydrogen-bond donors (Lipinski definition) is 2. The van der Waals surface area contributed by atoms with E-state index in [1.54, 1.807) is 54.6 Å². The predicted molar refractivity (Wildman–Crippen MR) is 126 cm³/mol. The van der Waals surface area contributed by atoms with E-state index in [4.69, 9.17) is 11.6 Å². The molecule has 1 amide bonds. The Bertz CT molecular complexity index is 1420. The molecule has 0 spiro atoms. The van der Waals surface area contributed by atoms with E-state index in [0.717, 1.165) is 0 Å². The maximum atomic E-state index is 12.9. The number of carbonyl (C=O) groups excluding carboxylic acids is 2. The van der Waals surface area contributed by atoms with Crippen LogP contribution in [0.4, 0.5) is 10.8 Å². The van der Waals surface area contributed by atoms with Crippen LogP contribution < -0.4 is 10.0 Å². The maximum absolute atomic E-state index is 12.9. The topological polar surface area (TPSA) is 118 Å². The van der Waals surface area contributed by atoms with Gasteiger partial charge in [0.15, 0.2) is 5.78 Å². The van der Waals surface area contributed by atoms with Gasteiger partial charge < -0.3 is 0 Å². The van der Waals surface area contributed by atoms with E-state index in [0.29, 0.717) is 27.5 Å². The molecule has 2 N–H and O–H groups in total. The molecule has 0 aliphatic heterocycles. The van der Waals surface area contributed by atoms with Gasteiger partial charge in [-0.05, 0) is 36.4 Å². The summed E-state index contributed by atoms with van der Waals surface area (Å²) >= 11 is 6.50. The molecule has 1 aromatic heterocycles. The molecule has 0 aliphatic rings. The van der Waals surface area contributed by atoms with Crippen LogP contribution in [0, 0.1) is 0 Å². The fourth-order valence-corrected chi connectivity index (χ4v) is 4.95. The molecule has 4 aromatic rings. The smallest absolute Gasteiger partial charge is 0.291 e. The molecule has 4 rings (SSSR count). The van der Waals surface area contributed by atoms with Gasteiger partial charge in [0.2, 0.25) is 5.13 Å². The number of nitrogens with zero attached hydrogens (tertiary/aromatic N) is 2. The Hall–Kier alpha value is -3.60. The molecule has 33 heavy (non-hydrogen) atoms. The summed E-state index contributed by atoms with van der Waals surface area (Å²) in [6.45, 7) is 0. The quantitative estimate of drug-likeness (QED) is 0.286. The molecular weight excluding hydrogens is 484 g/mol. The number of aromatic nitrogens is 2. The Morgan fingerprint density at radius 3 is 2.21 bits per heavy atom. The summed E-state index contributed by atoms with van der Waals surface area (Å²) in [6.07, 6.45) is 0. The number of ketones is 1. The van der Waals surface area contributed by atoms with E-state index in [9.17, 15) is 18.0 Å². The van der Waals surface area contributed by atoms with Gasteiger partial charge in [-0.15, -0.1) is 10.2 Å². The molecule has 0 saturated heterocycles. The first-order valence-electron chi connectivity index (χ1n) is 9.45. The first kappa shape index (κ1) is 22.6. The third-order valence-corrected chi connectivity index (χ3v) is 7.24. The number of sulfonamides is 1. The lowest BCUT2D eigenvalue weighted by atomic mass is 10.0. The fourth-order valence-electron chi connectivity index (χ4n) is 2.84. The Labute approximate surface area is 198 Å². The van der Waals surface area contributed by atoms with Crippen molar-refractivity contribution in [3.63, 3.8) is 0 Å². The van der Waals surface area contributed by atoms with Crippen LogP contribution in [0.25, 0.3) is 0 Å². The molecule has 0 unspecified atom stereocenters. The van der Waals surface area contributed by atoms with Gasteiger partial charge in [-0.1, -0.05) is 65.4 Å². The summed E-state index contributed by atoms with van der Waals surface area (Å²) < 4.78 is 27.8. The Balaban J connectivity index is 1.54. The van der Waals surface area contributed by atoms with Crippen molar-refractivity contribution in [2.45, 2.75) is 4.34 Å². The lowest BCUT2D eigenvalue weighted by Crippen LogP contribution is -2.15. The Kier molecular flexibility index (Phi) is 6.50. The predicted octanol–water partition coefficient (Wildman–Crippen LogP) is 4.48. The van der Waals surface area contributed by atoms with Gasteiger partial charge in [0.1, 0.15) is 0 Å². The van der Waals surface area contributed by atoms with E-state index in [-0.39, 0.29) is 26.5 Å². The van der Waals surface area contributed by atoms with Crippen LogP contribution in [-0.2, 0) is 10.0 Å². The van der Waals surface area contributed by atoms with Gasteiger partial charge in [-0.2, -0.15) is 8.42 Å². The van der Waals surface area contributed by atoms with Crippen molar-refractivity contribution >= 4 is 55.5 Å². The van der Waals surface area contributed by atoms with Crippen LogP contribution in [-0.4, -0.2) is 30.3 Å².